The van der Waals surface area contributed by atoms with Crippen molar-refractivity contribution in [1.82, 2.24) is 10.3 Å². The van der Waals surface area contributed by atoms with Crippen LogP contribution < -0.4 is 5.32 Å². The quantitative estimate of drug-likeness (QED) is 0.823. The van der Waals surface area contributed by atoms with Crippen molar-refractivity contribution in [1.29, 1.82) is 0 Å². The smallest absolute Gasteiger partial charge is 0.0716 e. The molecule has 2 nitrogen and oxygen atoms in total. The molecule has 1 atom stereocenters. The van der Waals surface area contributed by atoms with E-state index in [1.165, 1.54) is 0 Å². The normalized spacial score (nSPS) is 12.1. The molecule has 0 aliphatic heterocycles. The molecule has 0 amide bonds. The van der Waals surface area contributed by atoms with Gasteiger partial charge in [-0.25, -0.2) is 0 Å². The molecule has 0 fully saturated rings. The van der Waals surface area contributed by atoms with Crippen LogP contribution in [0.25, 0.3) is 0 Å². The number of aromatic nitrogens is 1. The Morgan fingerprint density at radius 1 is 1.56 bits per heavy atom. The van der Waals surface area contributed by atoms with Crippen molar-refractivity contribution in [2.24, 2.45) is 0 Å². The van der Waals surface area contributed by atoms with Gasteiger partial charge in [-0.2, -0.15) is 0 Å². The second-order valence-electron chi connectivity index (χ2n) is 3.37. The summed E-state index contributed by atoms with van der Waals surface area (Å²) >= 11 is 6.92. The zero-order chi connectivity index (χ0) is 12.0. The Hall–Kier alpha value is -0.370. The fourth-order valence-corrected chi connectivity index (χ4v) is 2.75. The van der Waals surface area contributed by atoms with E-state index >= 15 is 0 Å². The van der Waals surface area contributed by atoms with Crippen molar-refractivity contribution >= 4 is 31.9 Å². The largest absolute Gasteiger partial charge is 0.309 e. The van der Waals surface area contributed by atoms with E-state index in [0.717, 1.165) is 34.0 Å². The summed E-state index contributed by atoms with van der Waals surface area (Å²) < 4.78 is 1.97. The number of terminal acetylenes is 1. The van der Waals surface area contributed by atoms with E-state index in [9.17, 15) is 0 Å². The third kappa shape index (κ3) is 3.89. The number of nitrogens with one attached hydrogen (secondary N) is 1. The van der Waals surface area contributed by atoms with Crippen LogP contribution in [0, 0.1) is 12.3 Å². The molecule has 86 valence electrons. The number of halogens is 2. The van der Waals surface area contributed by atoms with Gasteiger partial charge >= 0.3 is 0 Å². The highest BCUT2D eigenvalue weighted by Crippen LogP contribution is 2.26. The molecule has 1 unspecified atom stereocenters. The summed E-state index contributed by atoms with van der Waals surface area (Å²) in [5.74, 6) is 2.66. The summed E-state index contributed by atoms with van der Waals surface area (Å²) in [6.45, 7) is 2.98. The third-order valence-corrected chi connectivity index (χ3v) is 3.26. The van der Waals surface area contributed by atoms with Gasteiger partial charge in [-0.15, -0.1) is 12.3 Å². The van der Waals surface area contributed by atoms with Gasteiger partial charge in [0.25, 0.3) is 0 Å². The van der Waals surface area contributed by atoms with Crippen LogP contribution in [0.4, 0.5) is 0 Å². The number of rotatable bonds is 5. The average molecular weight is 346 g/mol. The lowest BCUT2D eigenvalue weighted by atomic mass is 10.1. The fraction of sp³-hybridized carbons (Fsp3) is 0.417. The Bertz CT molecular complexity index is 385. The molecular weight excluding hydrogens is 332 g/mol. The Morgan fingerprint density at radius 2 is 2.31 bits per heavy atom. The zero-order valence-corrected chi connectivity index (χ0v) is 12.3. The maximum atomic E-state index is 5.30. The van der Waals surface area contributed by atoms with Crippen molar-refractivity contribution < 1.29 is 0 Å². The van der Waals surface area contributed by atoms with E-state index in [2.05, 4.69) is 55.0 Å². The van der Waals surface area contributed by atoms with Gasteiger partial charge in [-0.3, -0.25) is 4.98 Å². The first-order valence-corrected chi connectivity index (χ1v) is 6.75. The molecule has 16 heavy (non-hydrogen) atoms. The lowest BCUT2D eigenvalue weighted by Gasteiger charge is -2.17. The Balaban J connectivity index is 2.87. The van der Waals surface area contributed by atoms with Gasteiger partial charge in [-0.05, 0) is 50.9 Å². The first kappa shape index (κ1) is 13.7. The topological polar surface area (TPSA) is 24.9 Å². The van der Waals surface area contributed by atoms with Crippen LogP contribution in [-0.4, -0.2) is 11.5 Å². The van der Waals surface area contributed by atoms with Gasteiger partial charge in [0, 0.05) is 21.6 Å². The number of nitrogens with zero attached hydrogens (tertiary/aromatic N) is 1. The van der Waals surface area contributed by atoms with Crippen molar-refractivity contribution in [3.63, 3.8) is 0 Å². The summed E-state index contributed by atoms with van der Waals surface area (Å²) in [5, 5.41) is 3.39. The van der Waals surface area contributed by atoms with Crippen LogP contribution in [0.15, 0.2) is 21.2 Å². The molecule has 1 heterocycles. The minimum absolute atomic E-state index is 0.212. The van der Waals surface area contributed by atoms with E-state index in [1.54, 1.807) is 6.20 Å². The van der Waals surface area contributed by atoms with Crippen molar-refractivity contribution in [3.05, 3.63) is 26.9 Å². The molecule has 0 radical (unpaired) electrons. The fourth-order valence-electron chi connectivity index (χ4n) is 1.49. The average Bonchev–Trinajstić information content (AvgIpc) is 2.25. The molecular formula is C12H14Br2N2. The predicted octanol–water partition coefficient (Wildman–Crippen LogP) is 3.67. The molecule has 0 saturated carbocycles. The summed E-state index contributed by atoms with van der Waals surface area (Å²) in [6.07, 6.45) is 8.75. The molecule has 1 aromatic rings. The van der Waals surface area contributed by atoms with Crippen molar-refractivity contribution in [3.8, 4) is 12.3 Å². The van der Waals surface area contributed by atoms with Crippen LogP contribution in [0.3, 0.4) is 0 Å². The van der Waals surface area contributed by atoms with E-state index in [1.807, 2.05) is 6.07 Å². The maximum Gasteiger partial charge on any atom is 0.0716 e. The summed E-state index contributed by atoms with van der Waals surface area (Å²) in [6, 6.07) is 2.21. The van der Waals surface area contributed by atoms with Crippen molar-refractivity contribution in [2.75, 3.05) is 6.54 Å². The van der Waals surface area contributed by atoms with Gasteiger partial charge in [0.2, 0.25) is 0 Å². The van der Waals surface area contributed by atoms with Gasteiger partial charge in [-0.1, -0.05) is 6.92 Å². The molecule has 4 heteroatoms. The van der Waals surface area contributed by atoms with Gasteiger partial charge in [0.1, 0.15) is 0 Å². The number of hydrogen-bond acceptors (Lipinski definition) is 2. The molecule has 0 spiro atoms. The van der Waals surface area contributed by atoms with Crippen LogP contribution in [0.2, 0.25) is 0 Å². The van der Waals surface area contributed by atoms with Crippen LogP contribution in [0.1, 0.15) is 31.5 Å². The van der Waals surface area contributed by atoms with Gasteiger partial charge in [0.15, 0.2) is 0 Å². The van der Waals surface area contributed by atoms with Crippen LogP contribution >= 0.6 is 31.9 Å². The second kappa shape index (κ2) is 7.05. The van der Waals surface area contributed by atoms with E-state index in [-0.39, 0.29) is 6.04 Å². The summed E-state index contributed by atoms with van der Waals surface area (Å²) in [5.41, 5.74) is 1.01. The highest BCUT2D eigenvalue weighted by atomic mass is 79.9. The summed E-state index contributed by atoms with van der Waals surface area (Å²) in [7, 11) is 0. The lowest BCUT2D eigenvalue weighted by molar-refractivity contribution is 0.508. The predicted molar refractivity (Wildman–Crippen MR) is 74.1 cm³/mol. The molecule has 0 aliphatic rings. The molecule has 1 rings (SSSR count). The van der Waals surface area contributed by atoms with Gasteiger partial charge in [0.05, 0.1) is 11.7 Å². The Morgan fingerprint density at radius 3 is 2.88 bits per heavy atom. The van der Waals surface area contributed by atoms with Crippen molar-refractivity contribution in [2.45, 2.75) is 25.8 Å². The standard InChI is InChI=1S/C12H14Br2N2/c1-3-5-6-11(15-4-2)12-10(14)7-9(13)8-16-12/h1,7-8,11,15H,4-6H2,2H3. The molecule has 1 aromatic heterocycles. The highest BCUT2D eigenvalue weighted by Gasteiger charge is 2.14. The number of hydrogen-bond donors (Lipinski definition) is 1. The Kier molecular flexibility index (Phi) is 6.04. The van der Waals surface area contributed by atoms with E-state index in [0.29, 0.717) is 0 Å². The number of pyridine rings is 1. The molecule has 1 N–H and O–H groups in total. The van der Waals surface area contributed by atoms with Crippen LogP contribution in [0.5, 0.6) is 0 Å². The lowest BCUT2D eigenvalue weighted by Crippen LogP contribution is -2.22. The molecule has 0 aliphatic carbocycles. The SMILES string of the molecule is C#CCCC(NCC)c1ncc(Br)cc1Br. The Labute approximate surface area is 113 Å². The van der Waals surface area contributed by atoms with Gasteiger partial charge < -0.3 is 5.32 Å². The second-order valence-corrected chi connectivity index (χ2v) is 5.14. The third-order valence-electron chi connectivity index (χ3n) is 2.19. The minimum atomic E-state index is 0.212. The first-order chi connectivity index (χ1) is 7.69. The summed E-state index contributed by atoms with van der Waals surface area (Å²) in [4.78, 5) is 4.42. The van der Waals surface area contributed by atoms with Crippen LogP contribution in [-0.2, 0) is 0 Å². The maximum absolute atomic E-state index is 5.30. The first-order valence-electron chi connectivity index (χ1n) is 5.16. The monoisotopic (exact) mass is 344 g/mol. The molecule has 0 aromatic carbocycles. The molecule has 0 saturated heterocycles. The molecule has 0 bridgehead atoms. The van der Waals surface area contributed by atoms with E-state index < -0.39 is 0 Å². The zero-order valence-electron chi connectivity index (χ0n) is 9.13. The minimum Gasteiger partial charge on any atom is -0.309 e. The highest BCUT2D eigenvalue weighted by molar-refractivity contribution is 9.11. The van der Waals surface area contributed by atoms with E-state index in [4.69, 9.17) is 6.42 Å².